The first-order chi connectivity index (χ1) is 17.1. The normalized spacial score (nSPS) is 20.6. The zero-order valence-corrected chi connectivity index (χ0v) is 21.2. The summed E-state index contributed by atoms with van der Waals surface area (Å²) in [6, 6.07) is 20.9. The van der Waals surface area contributed by atoms with Crippen molar-refractivity contribution in [3.05, 3.63) is 105 Å². The molecule has 0 saturated carbocycles. The van der Waals surface area contributed by atoms with E-state index >= 15 is 0 Å². The molecule has 2 atom stereocenters. The predicted octanol–water partition coefficient (Wildman–Crippen LogP) is 4.83. The van der Waals surface area contributed by atoms with Gasteiger partial charge in [-0.15, -0.1) is 0 Å². The molecule has 3 heterocycles. The first-order valence-electron chi connectivity index (χ1n) is 11.8. The number of nitrogens with zero attached hydrogens (tertiary/aromatic N) is 3. The van der Waals surface area contributed by atoms with E-state index in [1.807, 2.05) is 30.3 Å². The predicted molar refractivity (Wildman–Crippen MR) is 144 cm³/mol. The lowest BCUT2D eigenvalue weighted by atomic mass is 9.80. The second-order valence-corrected chi connectivity index (χ2v) is 10.6. The van der Waals surface area contributed by atoms with E-state index in [1.54, 1.807) is 0 Å². The first-order valence-corrected chi connectivity index (χ1v) is 12.8. The molecule has 8 heteroatoms. The van der Waals surface area contributed by atoms with Gasteiger partial charge in [0.1, 0.15) is 5.82 Å². The van der Waals surface area contributed by atoms with Crippen LogP contribution in [0.4, 0.5) is 10.1 Å². The van der Waals surface area contributed by atoms with Crippen molar-refractivity contribution in [2.45, 2.75) is 18.5 Å². The van der Waals surface area contributed by atoms with E-state index in [9.17, 15) is 9.18 Å². The summed E-state index contributed by atoms with van der Waals surface area (Å²) in [5.41, 5.74) is 4.83. The molecule has 2 aliphatic heterocycles. The monoisotopic (exact) mass is 581 g/mol. The Bertz CT molecular complexity index is 1410. The fourth-order valence-corrected chi connectivity index (χ4v) is 5.70. The van der Waals surface area contributed by atoms with E-state index in [1.165, 1.54) is 17.7 Å². The Morgan fingerprint density at radius 3 is 2.40 bits per heavy atom. The minimum absolute atomic E-state index is 0.117. The van der Waals surface area contributed by atoms with Crippen LogP contribution in [0, 0.1) is 5.82 Å². The average molecular weight is 581 g/mol. The number of aromatic amines is 1. The lowest BCUT2D eigenvalue weighted by Crippen LogP contribution is -2.41. The molecule has 1 saturated heterocycles. The third-order valence-electron chi connectivity index (χ3n) is 7.07. The van der Waals surface area contributed by atoms with Gasteiger partial charge in [-0.05, 0) is 41.0 Å². The van der Waals surface area contributed by atoms with Gasteiger partial charge in [-0.25, -0.2) is 12.6 Å². The van der Waals surface area contributed by atoms with Crippen LogP contribution in [0.15, 0.2) is 71.5 Å². The summed E-state index contributed by atoms with van der Waals surface area (Å²) in [7, 11) is 0. The van der Waals surface area contributed by atoms with Crippen LogP contribution < -0.4 is 10.9 Å². The third kappa shape index (κ3) is 4.34. The van der Waals surface area contributed by atoms with Gasteiger partial charge in [-0.3, -0.25) is 9.69 Å². The van der Waals surface area contributed by atoms with Gasteiger partial charge in [-0.1, -0.05) is 42.5 Å². The van der Waals surface area contributed by atoms with Crippen molar-refractivity contribution in [1.29, 1.82) is 0 Å². The Morgan fingerprint density at radius 1 is 0.943 bits per heavy atom. The molecule has 6 rings (SSSR count). The Balaban J connectivity index is 1.38. The number of hydrogen-bond acceptors (Lipinski definition) is 5. The highest BCUT2D eigenvalue weighted by Gasteiger charge is 2.34. The van der Waals surface area contributed by atoms with E-state index in [0.29, 0.717) is 5.39 Å². The molecule has 178 valence electrons. The number of rotatable bonds is 4. The van der Waals surface area contributed by atoms with Gasteiger partial charge < -0.3 is 5.32 Å². The Kier molecular flexibility index (Phi) is 6.03. The van der Waals surface area contributed by atoms with Crippen LogP contribution in [0.1, 0.15) is 34.3 Å². The van der Waals surface area contributed by atoms with Crippen LogP contribution >= 0.6 is 22.9 Å². The van der Waals surface area contributed by atoms with Crippen molar-refractivity contribution < 1.29 is 4.39 Å². The van der Waals surface area contributed by atoms with Crippen molar-refractivity contribution in [2.24, 2.45) is 0 Å². The smallest absolute Gasteiger partial charge is 0.272 e. The van der Waals surface area contributed by atoms with E-state index in [2.05, 4.69) is 70.7 Å². The molecule has 2 unspecified atom stereocenters. The van der Waals surface area contributed by atoms with Crippen LogP contribution in [0.3, 0.4) is 0 Å². The van der Waals surface area contributed by atoms with Crippen molar-refractivity contribution in [1.82, 2.24) is 18.2 Å². The quantitative estimate of drug-likeness (QED) is 0.267. The summed E-state index contributed by atoms with van der Waals surface area (Å²) in [5, 5.41) is 12.3. The van der Waals surface area contributed by atoms with E-state index in [4.69, 9.17) is 0 Å². The molecule has 0 aliphatic carbocycles. The van der Waals surface area contributed by atoms with E-state index in [-0.39, 0.29) is 23.3 Å². The standard InChI is InChI=1S/C27H25FIN5O/c28-20-10-8-18(9-11-20)23-25(30-22-3-1-2-21-24(22)26(23)31-32-27(21)35)19-6-4-17(5-7-19)16-33-12-14-34(29)15-13-33/h1-11,23,25,30H,12-16H2,(H,32,35). The number of anilines is 1. The maximum Gasteiger partial charge on any atom is 0.272 e. The van der Waals surface area contributed by atoms with Crippen LogP contribution in [0.2, 0.25) is 0 Å². The minimum atomic E-state index is -0.276. The van der Waals surface area contributed by atoms with Gasteiger partial charge in [0.2, 0.25) is 0 Å². The summed E-state index contributed by atoms with van der Waals surface area (Å²) in [6.45, 7) is 5.27. The molecule has 35 heavy (non-hydrogen) atoms. The highest BCUT2D eigenvalue weighted by atomic mass is 127. The zero-order chi connectivity index (χ0) is 23.9. The van der Waals surface area contributed by atoms with Gasteiger partial charge in [0, 0.05) is 66.7 Å². The number of hydrogen-bond donors (Lipinski definition) is 2. The molecule has 0 spiro atoms. The fraction of sp³-hybridized carbons (Fsp3) is 0.259. The van der Waals surface area contributed by atoms with E-state index < -0.39 is 0 Å². The van der Waals surface area contributed by atoms with Crippen LogP contribution in [-0.2, 0) is 6.54 Å². The Hall–Kier alpha value is -2.82. The van der Waals surface area contributed by atoms with Gasteiger partial charge in [0.15, 0.2) is 0 Å². The van der Waals surface area contributed by atoms with Crippen molar-refractivity contribution in [3.63, 3.8) is 0 Å². The van der Waals surface area contributed by atoms with Crippen molar-refractivity contribution >= 4 is 39.3 Å². The molecule has 2 N–H and O–H groups in total. The fourth-order valence-electron chi connectivity index (χ4n) is 5.27. The summed E-state index contributed by atoms with van der Waals surface area (Å²) in [4.78, 5) is 15.0. The molecular formula is C27H25FIN5O. The van der Waals surface area contributed by atoms with Crippen LogP contribution in [-0.4, -0.2) is 44.4 Å². The van der Waals surface area contributed by atoms with E-state index in [0.717, 1.165) is 60.6 Å². The Morgan fingerprint density at radius 2 is 1.66 bits per heavy atom. The summed E-state index contributed by atoms with van der Waals surface area (Å²) >= 11 is 2.39. The number of nitrogens with one attached hydrogen (secondary N) is 2. The summed E-state index contributed by atoms with van der Waals surface area (Å²) in [6.07, 6.45) is 0. The van der Waals surface area contributed by atoms with Gasteiger partial charge in [0.25, 0.3) is 5.56 Å². The maximum atomic E-state index is 13.8. The van der Waals surface area contributed by atoms with Crippen molar-refractivity contribution in [2.75, 3.05) is 31.5 Å². The second-order valence-electron chi connectivity index (χ2n) is 9.24. The van der Waals surface area contributed by atoms with Crippen LogP contribution in [0.5, 0.6) is 0 Å². The van der Waals surface area contributed by atoms with Gasteiger partial charge in [0.05, 0.1) is 23.0 Å². The number of benzene rings is 3. The topological polar surface area (TPSA) is 64.3 Å². The highest BCUT2D eigenvalue weighted by molar-refractivity contribution is 14.1. The SMILES string of the molecule is O=c1[nH]nc2c3c(cccc13)NC(c1ccc(CN3CCN(I)CC3)cc1)C2c1ccc(F)cc1. The first kappa shape index (κ1) is 22.6. The molecule has 0 radical (unpaired) electrons. The number of H-pyrrole nitrogens is 1. The second kappa shape index (κ2) is 9.33. The highest BCUT2D eigenvalue weighted by Crippen LogP contribution is 2.46. The third-order valence-corrected chi connectivity index (χ3v) is 8.04. The molecular weight excluding hydrogens is 556 g/mol. The van der Waals surface area contributed by atoms with Gasteiger partial charge in [-0.2, -0.15) is 5.10 Å². The maximum absolute atomic E-state index is 13.8. The summed E-state index contributed by atoms with van der Waals surface area (Å²) < 4.78 is 16.1. The molecule has 1 aromatic heterocycles. The lowest BCUT2D eigenvalue weighted by molar-refractivity contribution is 0.198. The molecule has 1 fully saturated rings. The zero-order valence-electron chi connectivity index (χ0n) is 19.0. The molecule has 0 amide bonds. The molecule has 2 aliphatic rings. The molecule has 6 nitrogen and oxygen atoms in total. The lowest BCUT2D eigenvalue weighted by Gasteiger charge is -2.35. The van der Waals surface area contributed by atoms with Gasteiger partial charge >= 0.3 is 0 Å². The minimum Gasteiger partial charge on any atom is -0.377 e. The molecule has 3 aromatic carbocycles. The molecule has 4 aromatic rings. The van der Waals surface area contributed by atoms with Crippen LogP contribution in [0.25, 0.3) is 10.8 Å². The Labute approximate surface area is 216 Å². The van der Waals surface area contributed by atoms with Crippen molar-refractivity contribution in [3.8, 4) is 0 Å². The molecule has 0 bridgehead atoms. The summed E-state index contributed by atoms with van der Waals surface area (Å²) in [5.74, 6) is -0.464. The number of piperazine rings is 1. The number of aromatic nitrogens is 2. The average Bonchev–Trinajstić information content (AvgIpc) is 2.88. The number of halogens is 2. The largest absolute Gasteiger partial charge is 0.377 e.